The molecule has 3 aromatic rings. The Hall–Kier alpha value is -2.33. The molecule has 1 radical (unpaired) electrons. The fourth-order valence-corrected chi connectivity index (χ4v) is 2.27. The summed E-state index contributed by atoms with van der Waals surface area (Å²) < 4.78 is 0. The number of para-hydroxylation sites is 1. The number of hydrogen-bond donors (Lipinski definition) is 2. The summed E-state index contributed by atoms with van der Waals surface area (Å²) in [5.74, 6) is -0.0625. The molecule has 5 heteroatoms. The van der Waals surface area contributed by atoms with Gasteiger partial charge in [0.15, 0.2) is 5.78 Å². The Morgan fingerprint density at radius 1 is 1.15 bits per heavy atom. The van der Waals surface area contributed by atoms with E-state index in [0.717, 1.165) is 27.7 Å². The molecule has 0 aliphatic heterocycles. The topological polar surface area (TPSA) is 70.4 Å². The van der Waals surface area contributed by atoms with Crippen LogP contribution in [0.4, 0.5) is 0 Å². The number of carbonyl (C=O) groups excluding carboxylic acids is 1. The van der Waals surface area contributed by atoms with E-state index in [1.165, 1.54) is 19.9 Å². The smallest absolute Gasteiger partial charge is 0.155 e. The number of rotatable bonds is 3. The van der Waals surface area contributed by atoms with Crippen LogP contribution >= 0.6 is 0 Å². The number of benzene rings is 2. The number of aromatic nitrogens is 1. The van der Waals surface area contributed by atoms with Crippen LogP contribution in [-0.2, 0) is 31.5 Å². The molecule has 0 saturated heterocycles. The van der Waals surface area contributed by atoms with Crippen LogP contribution < -0.4 is 0 Å². The van der Waals surface area contributed by atoms with Gasteiger partial charge in [-0.15, -0.1) is 35.4 Å². The largest absolute Gasteiger partial charge is 0.512 e. The summed E-state index contributed by atoms with van der Waals surface area (Å²) in [6.07, 6.45) is 1.17. The molecule has 3 rings (SSSR count). The standard InChI is InChI=1S/C16H12NO.C5H8O2.Ir/c18-11-12-4-3-6-14(10-12)16-9-8-13-5-1-2-7-15(13)17-16;1-4(6)3-5(2)7;/h1-5,7-10,18H,11H2;3,6H,1-2H3;/q-1;;/b;4-3-;. The second-order valence-corrected chi connectivity index (χ2v) is 5.55. The van der Waals surface area contributed by atoms with Gasteiger partial charge in [0, 0.05) is 26.2 Å². The van der Waals surface area contributed by atoms with Crippen molar-refractivity contribution in [3.8, 4) is 11.3 Å². The van der Waals surface area contributed by atoms with Gasteiger partial charge in [0.25, 0.3) is 0 Å². The Labute approximate surface area is 166 Å². The first-order valence-electron chi connectivity index (χ1n) is 7.85. The molecule has 0 bridgehead atoms. The molecule has 0 atom stereocenters. The van der Waals surface area contributed by atoms with Crippen molar-refractivity contribution in [3.63, 3.8) is 0 Å². The van der Waals surface area contributed by atoms with Gasteiger partial charge in [0.1, 0.15) is 0 Å². The zero-order chi connectivity index (χ0) is 18.2. The Morgan fingerprint density at radius 3 is 2.50 bits per heavy atom. The molecule has 1 heterocycles. The molecule has 2 N–H and O–H groups in total. The van der Waals surface area contributed by atoms with Crippen molar-refractivity contribution in [2.24, 2.45) is 0 Å². The summed E-state index contributed by atoms with van der Waals surface area (Å²) in [5, 5.41) is 18.6. The van der Waals surface area contributed by atoms with Crippen molar-refractivity contribution >= 4 is 16.7 Å². The summed E-state index contributed by atoms with van der Waals surface area (Å²) in [4.78, 5) is 14.6. The molecule has 4 nitrogen and oxygen atoms in total. The Kier molecular flexibility index (Phi) is 8.86. The molecule has 0 amide bonds. The van der Waals surface area contributed by atoms with Gasteiger partial charge in [-0.2, -0.15) is 0 Å². The molecular weight excluding hydrogens is 506 g/mol. The maximum atomic E-state index is 10.0. The van der Waals surface area contributed by atoms with Crippen molar-refractivity contribution in [2.75, 3.05) is 0 Å². The van der Waals surface area contributed by atoms with Crippen LogP contribution in [0.1, 0.15) is 19.4 Å². The molecule has 26 heavy (non-hydrogen) atoms. The van der Waals surface area contributed by atoms with Gasteiger partial charge in [-0.25, -0.2) is 0 Å². The van der Waals surface area contributed by atoms with Crippen molar-refractivity contribution in [3.05, 3.63) is 78.1 Å². The van der Waals surface area contributed by atoms with Gasteiger partial charge in [0.05, 0.1) is 17.9 Å². The second-order valence-electron chi connectivity index (χ2n) is 5.55. The zero-order valence-electron chi connectivity index (χ0n) is 14.6. The van der Waals surface area contributed by atoms with Gasteiger partial charge >= 0.3 is 0 Å². The third kappa shape index (κ3) is 6.52. The van der Waals surface area contributed by atoms with Gasteiger partial charge < -0.3 is 10.2 Å². The molecule has 0 saturated carbocycles. The quantitative estimate of drug-likeness (QED) is 0.305. The summed E-state index contributed by atoms with van der Waals surface area (Å²) in [6.45, 7) is 2.89. The molecule has 0 unspecified atom stereocenters. The molecule has 0 aliphatic carbocycles. The normalized spacial score (nSPS) is 10.5. The number of fused-ring (bicyclic) bond motifs is 1. The summed E-state index contributed by atoms with van der Waals surface area (Å²) in [7, 11) is 0. The number of ketones is 1. The fourth-order valence-electron chi connectivity index (χ4n) is 2.27. The number of aliphatic hydroxyl groups excluding tert-OH is 2. The van der Waals surface area contributed by atoms with Gasteiger partial charge in [-0.05, 0) is 31.0 Å². The van der Waals surface area contributed by atoms with Gasteiger partial charge in [-0.1, -0.05) is 30.3 Å². The van der Waals surface area contributed by atoms with Crippen LogP contribution in [0.2, 0.25) is 0 Å². The minimum atomic E-state index is -0.125. The number of allylic oxidation sites excluding steroid dienone is 2. The molecular formula is C21H20IrNO3-. The van der Waals surface area contributed by atoms with E-state index < -0.39 is 0 Å². The Morgan fingerprint density at radius 2 is 1.88 bits per heavy atom. The van der Waals surface area contributed by atoms with E-state index in [0.29, 0.717) is 0 Å². The molecule has 0 aliphatic rings. The monoisotopic (exact) mass is 527 g/mol. The molecule has 1 aromatic heterocycles. The molecule has 2 aromatic carbocycles. The van der Waals surface area contributed by atoms with E-state index in [4.69, 9.17) is 10.2 Å². The minimum Gasteiger partial charge on any atom is -0.512 e. The van der Waals surface area contributed by atoms with Crippen LogP contribution in [0.25, 0.3) is 22.2 Å². The minimum absolute atomic E-state index is 0. The number of pyridine rings is 1. The average molecular weight is 527 g/mol. The maximum absolute atomic E-state index is 10.0. The Bertz CT molecular complexity index is 902. The van der Waals surface area contributed by atoms with Crippen LogP contribution in [0.3, 0.4) is 0 Å². The van der Waals surface area contributed by atoms with Crippen molar-refractivity contribution in [1.82, 2.24) is 4.98 Å². The SMILES string of the molecule is CC(=O)/C=C(/C)O.OCc1cc[c-]c(-c2ccc3ccccc3n2)c1.[Ir]. The predicted octanol–water partition coefficient (Wildman–Crippen LogP) is 4.23. The second kappa shape index (κ2) is 10.6. The Balaban J connectivity index is 0.000000366. The number of hydrogen-bond acceptors (Lipinski definition) is 4. The van der Waals surface area contributed by atoms with Crippen LogP contribution in [0, 0.1) is 6.07 Å². The summed E-state index contributed by atoms with van der Waals surface area (Å²) >= 11 is 0. The van der Waals surface area contributed by atoms with Crippen molar-refractivity contribution < 1.29 is 35.1 Å². The van der Waals surface area contributed by atoms with E-state index in [9.17, 15) is 4.79 Å². The first kappa shape index (κ1) is 21.7. The average Bonchev–Trinajstić information content (AvgIpc) is 2.60. The fraction of sp³-hybridized carbons (Fsp3) is 0.143. The maximum Gasteiger partial charge on any atom is 0.155 e. The molecule has 137 valence electrons. The van der Waals surface area contributed by atoms with Crippen LogP contribution in [0.15, 0.2) is 66.4 Å². The van der Waals surface area contributed by atoms with Crippen LogP contribution in [-0.4, -0.2) is 21.0 Å². The number of aliphatic hydroxyl groups is 2. The van der Waals surface area contributed by atoms with Crippen LogP contribution in [0.5, 0.6) is 0 Å². The van der Waals surface area contributed by atoms with E-state index in [1.54, 1.807) is 0 Å². The van der Waals surface area contributed by atoms with E-state index in [1.807, 2.05) is 48.5 Å². The van der Waals surface area contributed by atoms with Gasteiger partial charge in [0.2, 0.25) is 0 Å². The third-order valence-electron chi connectivity index (χ3n) is 3.34. The number of carbonyl (C=O) groups is 1. The van der Waals surface area contributed by atoms with Crippen molar-refractivity contribution in [1.29, 1.82) is 0 Å². The number of nitrogens with zero attached hydrogens (tertiary/aromatic N) is 1. The van der Waals surface area contributed by atoms with E-state index in [2.05, 4.69) is 17.1 Å². The van der Waals surface area contributed by atoms with E-state index >= 15 is 0 Å². The van der Waals surface area contributed by atoms with E-state index in [-0.39, 0.29) is 38.3 Å². The summed E-state index contributed by atoms with van der Waals surface area (Å²) in [5.41, 5.74) is 3.63. The van der Waals surface area contributed by atoms with Gasteiger partial charge in [-0.3, -0.25) is 9.78 Å². The summed E-state index contributed by atoms with van der Waals surface area (Å²) in [6, 6.07) is 20.8. The molecule has 0 spiro atoms. The molecule has 0 fully saturated rings. The first-order valence-corrected chi connectivity index (χ1v) is 7.85. The predicted molar refractivity (Wildman–Crippen MR) is 99.0 cm³/mol. The van der Waals surface area contributed by atoms with Crippen molar-refractivity contribution in [2.45, 2.75) is 20.5 Å². The zero-order valence-corrected chi connectivity index (χ0v) is 17.0. The third-order valence-corrected chi connectivity index (χ3v) is 3.34. The first-order chi connectivity index (χ1) is 12.0.